The van der Waals surface area contributed by atoms with Crippen molar-refractivity contribution in [2.45, 2.75) is 13.2 Å². The Morgan fingerprint density at radius 1 is 1.04 bits per heavy atom. The van der Waals surface area contributed by atoms with Gasteiger partial charge in [0.05, 0.1) is 6.07 Å². The molecule has 0 aliphatic carbocycles. The van der Waals surface area contributed by atoms with Gasteiger partial charge in [0.2, 0.25) is 0 Å². The number of ether oxygens (including phenoxy) is 1. The fourth-order valence-electron chi connectivity index (χ4n) is 2.30. The molecule has 1 aromatic heterocycles. The van der Waals surface area contributed by atoms with Gasteiger partial charge in [0, 0.05) is 6.54 Å². The number of amides is 1. The number of carbonyl (C=O) groups excluding carboxylic acids is 1. The Morgan fingerprint density at radius 2 is 1.81 bits per heavy atom. The lowest BCUT2D eigenvalue weighted by Gasteiger charge is -2.09. The summed E-state index contributed by atoms with van der Waals surface area (Å²) in [5.74, 6) is -0.400. The smallest absolute Gasteiger partial charge is 0.433 e. The molecule has 0 bridgehead atoms. The van der Waals surface area contributed by atoms with Gasteiger partial charge in [-0.2, -0.15) is 0 Å². The van der Waals surface area contributed by atoms with Gasteiger partial charge in [-0.15, -0.1) is 0 Å². The Kier molecular flexibility index (Phi) is 5.28. The predicted molar refractivity (Wildman–Crippen MR) is 93.7 cm³/mol. The van der Waals surface area contributed by atoms with Crippen LogP contribution in [-0.4, -0.2) is 10.8 Å². The molecular formula is C19H16N2O5. The number of furan rings is 1. The number of hydrogen-bond donors (Lipinski definition) is 1. The zero-order valence-electron chi connectivity index (χ0n) is 13.8. The van der Waals surface area contributed by atoms with Crippen molar-refractivity contribution in [2.24, 2.45) is 0 Å². The monoisotopic (exact) mass is 352 g/mol. The van der Waals surface area contributed by atoms with E-state index in [2.05, 4.69) is 5.32 Å². The van der Waals surface area contributed by atoms with Crippen LogP contribution in [0, 0.1) is 10.1 Å². The van der Waals surface area contributed by atoms with Crippen LogP contribution in [0.15, 0.2) is 71.1 Å². The van der Waals surface area contributed by atoms with Gasteiger partial charge < -0.3 is 14.5 Å². The van der Waals surface area contributed by atoms with Crippen molar-refractivity contribution < 1.29 is 18.9 Å². The minimum atomic E-state index is -0.690. The van der Waals surface area contributed by atoms with E-state index in [9.17, 15) is 14.9 Å². The lowest BCUT2D eigenvalue weighted by molar-refractivity contribution is -0.402. The van der Waals surface area contributed by atoms with Crippen molar-refractivity contribution in [3.8, 4) is 5.75 Å². The van der Waals surface area contributed by atoms with E-state index in [1.807, 2.05) is 54.6 Å². The average Bonchev–Trinajstić information content (AvgIpc) is 3.16. The summed E-state index contributed by atoms with van der Waals surface area (Å²) in [6.45, 7) is 0.697. The summed E-state index contributed by atoms with van der Waals surface area (Å²) >= 11 is 0. The van der Waals surface area contributed by atoms with Gasteiger partial charge in [-0.25, -0.2) is 0 Å². The van der Waals surface area contributed by atoms with Crippen LogP contribution < -0.4 is 10.1 Å². The van der Waals surface area contributed by atoms with Crippen molar-refractivity contribution in [1.29, 1.82) is 0 Å². The van der Waals surface area contributed by atoms with Crippen LogP contribution in [0.4, 0.5) is 5.88 Å². The molecule has 3 rings (SSSR count). The zero-order valence-corrected chi connectivity index (χ0v) is 13.8. The summed E-state index contributed by atoms with van der Waals surface area (Å²) in [4.78, 5) is 21.9. The number of carbonyl (C=O) groups is 1. The highest BCUT2D eigenvalue weighted by Crippen LogP contribution is 2.17. The maximum absolute atomic E-state index is 12.0. The Bertz CT molecular complexity index is 905. The topological polar surface area (TPSA) is 94.6 Å². The minimum absolute atomic E-state index is 0.104. The number of nitrogens with one attached hydrogen (secondary N) is 1. The van der Waals surface area contributed by atoms with Crippen LogP contribution in [0.3, 0.4) is 0 Å². The van der Waals surface area contributed by atoms with Crippen molar-refractivity contribution in [3.63, 3.8) is 0 Å². The molecule has 3 aromatic rings. The van der Waals surface area contributed by atoms with Gasteiger partial charge in [0.25, 0.3) is 5.91 Å². The third-order valence-electron chi connectivity index (χ3n) is 3.60. The second-order valence-corrected chi connectivity index (χ2v) is 5.50. The first kappa shape index (κ1) is 17.2. The van der Waals surface area contributed by atoms with Crippen molar-refractivity contribution in [3.05, 3.63) is 93.7 Å². The highest BCUT2D eigenvalue weighted by Gasteiger charge is 2.16. The molecule has 0 atom stereocenters. The Labute approximate surface area is 149 Å². The molecule has 0 fully saturated rings. The fraction of sp³-hybridized carbons (Fsp3) is 0.105. The summed E-state index contributed by atoms with van der Waals surface area (Å²) in [6, 6.07) is 19.6. The zero-order chi connectivity index (χ0) is 18.4. The molecule has 7 nitrogen and oxygen atoms in total. The minimum Gasteiger partial charge on any atom is -0.489 e. The number of nitro groups is 1. The van der Waals surface area contributed by atoms with Crippen molar-refractivity contribution >= 4 is 11.8 Å². The summed E-state index contributed by atoms with van der Waals surface area (Å²) < 4.78 is 10.6. The van der Waals surface area contributed by atoms with Gasteiger partial charge in [-0.05, 0) is 29.3 Å². The molecule has 0 aliphatic heterocycles. The van der Waals surface area contributed by atoms with Crippen LogP contribution >= 0.6 is 0 Å². The summed E-state index contributed by atoms with van der Waals surface area (Å²) in [7, 11) is 0. The second kappa shape index (κ2) is 7.98. The summed E-state index contributed by atoms with van der Waals surface area (Å²) in [6.07, 6.45) is 0. The highest BCUT2D eigenvalue weighted by molar-refractivity contribution is 5.91. The molecule has 7 heteroatoms. The van der Waals surface area contributed by atoms with E-state index in [0.29, 0.717) is 12.4 Å². The number of rotatable bonds is 7. The van der Waals surface area contributed by atoms with Crippen LogP contribution in [0.5, 0.6) is 5.75 Å². The van der Waals surface area contributed by atoms with Crippen LogP contribution in [-0.2, 0) is 13.2 Å². The normalized spacial score (nSPS) is 10.3. The van der Waals surface area contributed by atoms with E-state index in [0.717, 1.165) is 17.2 Å². The van der Waals surface area contributed by atoms with E-state index < -0.39 is 16.7 Å². The summed E-state index contributed by atoms with van der Waals surface area (Å²) in [5.41, 5.74) is 1.90. The average molecular weight is 352 g/mol. The van der Waals surface area contributed by atoms with Gasteiger partial charge in [-0.3, -0.25) is 14.9 Å². The van der Waals surface area contributed by atoms with Gasteiger partial charge >= 0.3 is 5.88 Å². The quantitative estimate of drug-likeness (QED) is 0.517. The fourth-order valence-corrected chi connectivity index (χ4v) is 2.30. The molecule has 0 saturated carbocycles. The molecule has 1 heterocycles. The predicted octanol–water partition coefficient (Wildman–Crippen LogP) is 3.70. The SMILES string of the molecule is O=C(NCc1cccc(OCc2ccccc2)c1)c1ccc([N+](=O)[O-])o1. The van der Waals surface area contributed by atoms with E-state index in [1.54, 1.807) is 0 Å². The Balaban J connectivity index is 1.56. The molecule has 1 N–H and O–H groups in total. The molecule has 26 heavy (non-hydrogen) atoms. The molecule has 0 unspecified atom stereocenters. The molecule has 0 radical (unpaired) electrons. The molecular weight excluding hydrogens is 336 g/mol. The largest absolute Gasteiger partial charge is 0.489 e. The molecule has 2 aromatic carbocycles. The lowest BCUT2D eigenvalue weighted by atomic mass is 10.2. The standard InChI is InChI=1S/C19H16N2O5/c22-19(17-9-10-18(26-17)21(23)24)20-12-15-7-4-8-16(11-15)25-13-14-5-2-1-3-6-14/h1-11H,12-13H2,(H,20,22). The molecule has 132 valence electrons. The Morgan fingerprint density at radius 3 is 2.54 bits per heavy atom. The molecule has 1 amide bonds. The maximum atomic E-state index is 12.0. The van der Waals surface area contributed by atoms with Crippen LogP contribution in [0.25, 0.3) is 0 Å². The number of hydrogen-bond acceptors (Lipinski definition) is 5. The van der Waals surface area contributed by atoms with Crippen LogP contribution in [0.1, 0.15) is 21.7 Å². The van der Waals surface area contributed by atoms with Crippen molar-refractivity contribution in [1.82, 2.24) is 5.32 Å². The molecule has 0 aliphatic rings. The molecule has 0 spiro atoms. The Hall–Kier alpha value is -3.61. The third kappa shape index (κ3) is 4.47. The molecule has 0 saturated heterocycles. The maximum Gasteiger partial charge on any atom is 0.433 e. The third-order valence-corrected chi connectivity index (χ3v) is 3.60. The first-order chi connectivity index (χ1) is 12.6. The summed E-state index contributed by atoms with van der Waals surface area (Å²) in [5, 5.41) is 13.2. The van der Waals surface area contributed by atoms with Gasteiger partial charge in [-0.1, -0.05) is 42.5 Å². The van der Waals surface area contributed by atoms with Gasteiger partial charge in [0.1, 0.15) is 17.3 Å². The van der Waals surface area contributed by atoms with E-state index in [-0.39, 0.29) is 12.3 Å². The lowest BCUT2D eigenvalue weighted by Crippen LogP contribution is -2.22. The number of nitrogens with zero attached hydrogens (tertiary/aromatic N) is 1. The number of benzene rings is 2. The van der Waals surface area contributed by atoms with Crippen molar-refractivity contribution in [2.75, 3.05) is 0 Å². The van der Waals surface area contributed by atoms with E-state index in [4.69, 9.17) is 9.15 Å². The van der Waals surface area contributed by atoms with Gasteiger partial charge in [0.15, 0.2) is 5.76 Å². The van der Waals surface area contributed by atoms with Crippen LogP contribution in [0.2, 0.25) is 0 Å². The second-order valence-electron chi connectivity index (χ2n) is 5.50. The first-order valence-electron chi connectivity index (χ1n) is 7.90. The van der Waals surface area contributed by atoms with E-state index in [1.165, 1.54) is 6.07 Å². The van der Waals surface area contributed by atoms with E-state index >= 15 is 0 Å². The highest BCUT2D eigenvalue weighted by atomic mass is 16.6. The first-order valence-corrected chi connectivity index (χ1v) is 7.90.